The van der Waals surface area contributed by atoms with E-state index in [2.05, 4.69) is 15.6 Å². The van der Waals surface area contributed by atoms with Gasteiger partial charge >= 0.3 is 6.09 Å². The number of hydrogen-bond acceptors (Lipinski definition) is 5. The second-order valence-corrected chi connectivity index (χ2v) is 6.41. The largest absolute Gasteiger partial charge is 0.465 e. The van der Waals surface area contributed by atoms with Crippen molar-refractivity contribution < 1.29 is 19.8 Å². The Morgan fingerprint density at radius 2 is 2.00 bits per heavy atom. The molecule has 0 bridgehead atoms. The summed E-state index contributed by atoms with van der Waals surface area (Å²) in [4.78, 5) is 29.1. The van der Waals surface area contributed by atoms with E-state index in [9.17, 15) is 19.8 Å². The molecule has 0 aliphatic carbocycles. The lowest BCUT2D eigenvalue weighted by Gasteiger charge is -2.37. The summed E-state index contributed by atoms with van der Waals surface area (Å²) in [6.07, 6.45) is -0.277. The lowest BCUT2D eigenvalue weighted by molar-refractivity contribution is 0.0382. The molecule has 27 heavy (non-hydrogen) atoms. The molecule has 2 heterocycles. The number of carbonyl (C=O) groups excluding carboxylic acids is 1. The molecule has 1 aromatic heterocycles. The first-order valence-corrected chi connectivity index (χ1v) is 8.66. The van der Waals surface area contributed by atoms with Gasteiger partial charge in [-0.2, -0.15) is 0 Å². The summed E-state index contributed by atoms with van der Waals surface area (Å²) in [7, 11) is 1.73. The van der Waals surface area contributed by atoms with Gasteiger partial charge in [0.05, 0.1) is 17.7 Å². The third kappa shape index (κ3) is 4.17. The van der Waals surface area contributed by atoms with Crippen molar-refractivity contribution in [2.45, 2.75) is 25.1 Å². The van der Waals surface area contributed by atoms with Crippen LogP contribution in [0.4, 0.5) is 10.6 Å². The number of hydrogen-bond donors (Lipinski definition) is 4. The summed E-state index contributed by atoms with van der Waals surface area (Å²) in [5, 5.41) is 25.6. The maximum Gasteiger partial charge on any atom is 0.407 e. The molecular weight excluding hydrogens is 348 g/mol. The van der Waals surface area contributed by atoms with Gasteiger partial charge in [-0.25, -0.2) is 9.78 Å². The SMILES string of the molecule is CNc1ccc(C(=O)NC[C@@H](O)C2Cc3ccccc3CN2C(=O)O)cn1. The minimum atomic E-state index is -1.09. The number of fused-ring (bicyclic) bond motifs is 1. The van der Waals surface area contributed by atoms with Crippen LogP contribution in [0.15, 0.2) is 42.6 Å². The number of amides is 2. The molecule has 0 fully saturated rings. The standard InChI is InChI=1S/C19H22N4O4/c1-20-17-7-6-13(9-21-17)18(25)22-10-16(24)15-8-12-4-2-3-5-14(12)11-23(15)19(26)27/h2-7,9,15-16,24H,8,10-11H2,1H3,(H,20,21)(H,22,25)(H,26,27)/t15?,16-/m1/s1. The van der Waals surface area contributed by atoms with Crippen LogP contribution in [0, 0.1) is 0 Å². The van der Waals surface area contributed by atoms with Crippen molar-refractivity contribution in [3.63, 3.8) is 0 Å². The van der Waals surface area contributed by atoms with Gasteiger partial charge in [-0.3, -0.25) is 9.69 Å². The first-order valence-electron chi connectivity index (χ1n) is 8.66. The van der Waals surface area contributed by atoms with Gasteiger partial charge in [-0.15, -0.1) is 0 Å². The smallest absolute Gasteiger partial charge is 0.407 e. The van der Waals surface area contributed by atoms with Gasteiger partial charge < -0.3 is 20.8 Å². The molecule has 8 heteroatoms. The number of pyridine rings is 1. The number of nitrogens with one attached hydrogen (secondary N) is 2. The summed E-state index contributed by atoms with van der Waals surface area (Å²) in [5.74, 6) is 0.270. The number of aromatic nitrogens is 1. The van der Waals surface area contributed by atoms with E-state index in [1.54, 1.807) is 19.2 Å². The third-order valence-corrected chi connectivity index (χ3v) is 4.73. The van der Waals surface area contributed by atoms with Crippen LogP contribution in [0.5, 0.6) is 0 Å². The summed E-state index contributed by atoms with van der Waals surface area (Å²) in [5.41, 5.74) is 2.31. The predicted octanol–water partition coefficient (Wildman–Crippen LogP) is 1.32. The number of aliphatic hydroxyl groups is 1. The average Bonchev–Trinajstić information content (AvgIpc) is 2.70. The summed E-state index contributed by atoms with van der Waals surface area (Å²) in [6, 6.07) is 10.3. The van der Waals surface area contributed by atoms with E-state index in [-0.39, 0.29) is 19.0 Å². The van der Waals surface area contributed by atoms with Crippen LogP contribution in [0.3, 0.4) is 0 Å². The fraction of sp³-hybridized carbons (Fsp3) is 0.316. The van der Waals surface area contributed by atoms with Gasteiger partial charge in [-0.1, -0.05) is 24.3 Å². The minimum absolute atomic E-state index is 0.0524. The van der Waals surface area contributed by atoms with E-state index in [4.69, 9.17) is 0 Å². The number of nitrogens with zero attached hydrogens (tertiary/aromatic N) is 2. The quantitative estimate of drug-likeness (QED) is 0.631. The van der Waals surface area contributed by atoms with Crippen LogP contribution >= 0.6 is 0 Å². The highest BCUT2D eigenvalue weighted by Gasteiger charge is 2.34. The molecule has 1 aliphatic rings. The fourth-order valence-electron chi connectivity index (χ4n) is 3.21. The lowest BCUT2D eigenvalue weighted by Crippen LogP contribution is -2.53. The molecule has 2 amide bonds. The first-order chi connectivity index (χ1) is 13.0. The summed E-state index contributed by atoms with van der Waals surface area (Å²) < 4.78 is 0. The molecular formula is C19H22N4O4. The molecule has 4 N–H and O–H groups in total. The van der Waals surface area contributed by atoms with E-state index in [1.165, 1.54) is 11.1 Å². The predicted molar refractivity (Wildman–Crippen MR) is 99.6 cm³/mol. The number of aliphatic hydroxyl groups excluding tert-OH is 1. The average molecular weight is 370 g/mol. The van der Waals surface area contributed by atoms with Gasteiger partial charge in [-0.05, 0) is 29.7 Å². The Labute approximate surface area is 156 Å². The third-order valence-electron chi connectivity index (χ3n) is 4.73. The normalized spacial score (nSPS) is 17.0. The minimum Gasteiger partial charge on any atom is -0.465 e. The van der Waals surface area contributed by atoms with Crippen molar-refractivity contribution in [2.75, 3.05) is 18.9 Å². The molecule has 0 saturated carbocycles. The Morgan fingerprint density at radius 1 is 1.26 bits per heavy atom. The van der Waals surface area contributed by atoms with Crippen LogP contribution in [0.25, 0.3) is 0 Å². The van der Waals surface area contributed by atoms with E-state index in [0.717, 1.165) is 11.1 Å². The number of benzene rings is 1. The molecule has 0 spiro atoms. The topological polar surface area (TPSA) is 115 Å². The maximum atomic E-state index is 12.2. The molecule has 8 nitrogen and oxygen atoms in total. The second kappa shape index (κ2) is 8.05. The van der Waals surface area contributed by atoms with Crippen molar-refractivity contribution in [3.8, 4) is 0 Å². The van der Waals surface area contributed by atoms with Crippen molar-refractivity contribution in [3.05, 3.63) is 59.3 Å². The van der Waals surface area contributed by atoms with Gasteiger partial charge in [0.1, 0.15) is 5.82 Å². The van der Waals surface area contributed by atoms with Crippen molar-refractivity contribution in [2.24, 2.45) is 0 Å². The first kappa shape index (κ1) is 18.7. The Hall–Kier alpha value is -3.13. The van der Waals surface area contributed by atoms with Crippen molar-refractivity contribution >= 4 is 17.8 Å². The molecule has 2 atom stereocenters. The monoisotopic (exact) mass is 370 g/mol. The van der Waals surface area contributed by atoms with E-state index >= 15 is 0 Å². The molecule has 0 saturated heterocycles. The van der Waals surface area contributed by atoms with Crippen LogP contribution in [0.2, 0.25) is 0 Å². The lowest BCUT2D eigenvalue weighted by atomic mass is 9.91. The highest BCUT2D eigenvalue weighted by Crippen LogP contribution is 2.25. The molecule has 142 valence electrons. The van der Waals surface area contributed by atoms with E-state index in [1.807, 2.05) is 24.3 Å². The number of anilines is 1. The zero-order valence-corrected chi connectivity index (χ0v) is 14.9. The Morgan fingerprint density at radius 3 is 2.63 bits per heavy atom. The molecule has 2 aromatic rings. The Kier molecular flexibility index (Phi) is 5.56. The second-order valence-electron chi connectivity index (χ2n) is 6.41. The van der Waals surface area contributed by atoms with Crippen LogP contribution in [-0.4, -0.2) is 57.8 Å². The summed E-state index contributed by atoms with van der Waals surface area (Å²) in [6.45, 7) is 0.166. The zero-order chi connectivity index (χ0) is 19.4. The zero-order valence-electron chi connectivity index (χ0n) is 14.9. The highest BCUT2D eigenvalue weighted by atomic mass is 16.4. The van der Waals surface area contributed by atoms with Gasteiger partial charge in [0.15, 0.2) is 0 Å². The van der Waals surface area contributed by atoms with Crippen LogP contribution in [0.1, 0.15) is 21.5 Å². The molecule has 3 rings (SSSR count). The van der Waals surface area contributed by atoms with Crippen LogP contribution in [-0.2, 0) is 13.0 Å². The van der Waals surface area contributed by atoms with Gasteiger partial charge in [0.25, 0.3) is 5.91 Å². The van der Waals surface area contributed by atoms with E-state index in [0.29, 0.717) is 17.8 Å². The molecule has 1 aliphatic heterocycles. The summed E-state index contributed by atoms with van der Waals surface area (Å²) >= 11 is 0. The van der Waals surface area contributed by atoms with E-state index < -0.39 is 18.2 Å². The Bertz CT molecular complexity index is 825. The molecule has 1 unspecified atom stereocenters. The van der Waals surface area contributed by atoms with Crippen molar-refractivity contribution in [1.29, 1.82) is 0 Å². The van der Waals surface area contributed by atoms with Gasteiger partial charge in [0.2, 0.25) is 0 Å². The number of carboxylic acid groups (broad SMARTS) is 1. The Balaban J connectivity index is 1.66. The van der Waals surface area contributed by atoms with Crippen molar-refractivity contribution in [1.82, 2.24) is 15.2 Å². The van der Waals surface area contributed by atoms with Gasteiger partial charge in [0, 0.05) is 26.3 Å². The fourth-order valence-corrected chi connectivity index (χ4v) is 3.21. The highest BCUT2D eigenvalue weighted by molar-refractivity contribution is 5.94. The maximum absolute atomic E-state index is 12.2. The molecule has 1 aromatic carbocycles. The number of carbonyl (C=O) groups is 2. The molecule has 0 radical (unpaired) electrons. The van der Waals surface area contributed by atoms with Crippen LogP contribution < -0.4 is 10.6 Å². The number of rotatable bonds is 5.